The zero-order valence-corrected chi connectivity index (χ0v) is 10.5. The third kappa shape index (κ3) is 2.14. The molecule has 0 N–H and O–H groups in total. The number of halogens is 1. The molecule has 0 aromatic carbocycles. The van der Waals surface area contributed by atoms with Crippen molar-refractivity contribution < 1.29 is 9.53 Å². The lowest BCUT2D eigenvalue weighted by Crippen LogP contribution is -2.42. The molecule has 1 saturated heterocycles. The fourth-order valence-electron chi connectivity index (χ4n) is 2.12. The molecule has 3 heterocycles. The predicted octanol–water partition coefficient (Wildman–Crippen LogP) is 2.31. The van der Waals surface area contributed by atoms with Gasteiger partial charge < -0.3 is 9.64 Å². The first-order valence-corrected chi connectivity index (χ1v) is 6.56. The number of amidine groups is 1. The minimum absolute atomic E-state index is 0.153. The third-order valence-corrected chi connectivity index (χ3v) is 3.93. The van der Waals surface area contributed by atoms with Gasteiger partial charge in [-0.2, -0.15) is 4.99 Å². The summed E-state index contributed by atoms with van der Waals surface area (Å²) in [5.41, 5.74) is 0. The summed E-state index contributed by atoms with van der Waals surface area (Å²) in [6, 6.07) is 0. The Kier molecular flexibility index (Phi) is 2.76. The standard InChI is InChI=1S/C10H10ClN3O2S/c11-9-12-4-6(17-9)5-14-3-1-2-7-8(14)13-10(15)16-7/h4,7H,1-3,5H2. The van der Waals surface area contributed by atoms with Gasteiger partial charge in [-0.3, -0.25) is 0 Å². The van der Waals surface area contributed by atoms with E-state index >= 15 is 0 Å². The Hall–Kier alpha value is -1.14. The summed E-state index contributed by atoms with van der Waals surface area (Å²) >= 11 is 7.24. The van der Waals surface area contributed by atoms with Crippen LogP contribution in [0.2, 0.25) is 4.47 Å². The van der Waals surface area contributed by atoms with Crippen molar-refractivity contribution in [1.82, 2.24) is 9.88 Å². The molecule has 1 aromatic heterocycles. The first-order chi connectivity index (χ1) is 8.22. The van der Waals surface area contributed by atoms with Crippen LogP contribution >= 0.6 is 22.9 Å². The van der Waals surface area contributed by atoms with E-state index in [0.29, 0.717) is 11.0 Å². The highest BCUT2D eigenvalue weighted by Crippen LogP contribution is 2.25. The van der Waals surface area contributed by atoms with E-state index < -0.39 is 6.09 Å². The highest BCUT2D eigenvalue weighted by atomic mass is 35.5. The summed E-state index contributed by atoms with van der Waals surface area (Å²) in [7, 11) is 0. The van der Waals surface area contributed by atoms with E-state index in [4.69, 9.17) is 16.3 Å². The van der Waals surface area contributed by atoms with Crippen molar-refractivity contribution in [3.05, 3.63) is 15.5 Å². The van der Waals surface area contributed by atoms with Gasteiger partial charge in [0.2, 0.25) is 0 Å². The normalized spacial score (nSPS) is 23.4. The number of nitrogens with zero attached hydrogens (tertiary/aromatic N) is 3. The Labute approximate surface area is 107 Å². The number of aromatic nitrogens is 1. The average Bonchev–Trinajstić information content (AvgIpc) is 2.84. The van der Waals surface area contributed by atoms with Crippen molar-refractivity contribution in [1.29, 1.82) is 0 Å². The van der Waals surface area contributed by atoms with Crippen molar-refractivity contribution in [2.75, 3.05) is 6.54 Å². The maximum absolute atomic E-state index is 11.1. The molecule has 5 nitrogen and oxygen atoms in total. The van der Waals surface area contributed by atoms with Crippen LogP contribution in [0.5, 0.6) is 0 Å². The van der Waals surface area contributed by atoms with Crippen molar-refractivity contribution in [2.45, 2.75) is 25.5 Å². The molecular weight excluding hydrogens is 262 g/mol. The number of hydrogen-bond acceptors (Lipinski definition) is 5. The second-order valence-corrected chi connectivity index (χ2v) is 5.68. The first-order valence-electron chi connectivity index (χ1n) is 5.37. The van der Waals surface area contributed by atoms with Crippen LogP contribution in [0.25, 0.3) is 0 Å². The van der Waals surface area contributed by atoms with E-state index in [2.05, 4.69) is 14.9 Å². The van der Waals surface area contributed by atoms with Gasteiger partial charge in [0.25, 0.3) is 0 Å². The largest absolute Gasteiger partial charge is 0.436 e. The number of ether oxygens (including phenoxy) is 1. The molecule has 0 radical (unpaired) electrons. The molecule has 1 amide bonds. The molecule has 0 saturated carbocycles. The molecule has 7 heteroatoms. The fraction of sp³-hybridized carbons (Fsp3) is 0.500. The highest BCUT2D eigenvalue weighted by Gasteiger charge is 2.35. The SMILES string of the molecule is O=C1N=C2C(CCCN2Cc2cnc(Cl)s2)O1. The number of thiazole rings is 1. The number of likely N-dealkylation sites (tertiary alicyclic amines) is 1. The Morgan fingerprint density at radius 3 is 3.29 bits per heavy atom. The summed E-state index contributed by atoms with van der Waals surface area (Å²) in [5, 5.41) is 0. The zero-order chi connectivity index (χ0) is 11.8. The maximum Gasteiger partial charge on any atom is 0.436 e. The quantitative estimate of drug-likeness (QED) is 0.828. The van der Waals surface area contributed by atoms with E-state index in [1.54, 1.807) is 6.20 Å². The number of piperidine rings is 1. The van der Waals surface area contributed by atoms with Crippen LogP contribution in [0.4, 0.5) is 4.79 Å². The molecule has 1 fully saturated rings. The maximum atomic E-state index is 11.1. The number of amides is 1. The summed E-state index contributed by atoms with van der Waals surface area (Å²) in [4.78, 5) is 22.2. The topological polar surface area (TPSA) is 54.8 Å². The van der Waals surface area contributed by atoms with E-state index in [1.807, 2.05) is 0 Å². The Bertz CT molecular complexity index is 488. The number of hydrogen-bond donors (Lipinski definition) is 0. The van der Waals surface area contributed by atoms with Crippen LogP contribution in [-0.4, -0.2) is 34.5 Å². The zero-order valence-electron chi connectivity index (χ0n) is 8.93. The van der Waals surface area contributed by atoms with E-state index in [9.17, 15) is 4.79 Å². The van der Waals surface area contributed by atoms with Crippen LogP contribution in [0.1, 0.15) is 17.7 Å². The van der Waals surface area contributed by atoms with Crippen molar-refractivity contribution in [3.8, 4) is 0 Å². The first kappa shape index (κ1) is 11.0. The van der Waals surface area contributed by atoms with Gasteiger partial charge in [0.15, 0.2) is 16.4 Å². The molecule has 17 heavy (non-hydrogen) atoms. The summed E-state index contributed by atoms with van der Waals surface area (Å²) < 4.78 is 5.65. The number of carbonyl (C=O) groups excluding carboxylic acids is 1. The monoisotopic (exact) mass is 271 g/mol. The van der Waals surface area contributed by atoms with Gasteiger partial charge in [-0.05, 0) is 12.8 Å². The second-order valence-electron chi connectivity index (χ2n) is 3.99. The Morgan fingerprint density at radius 2 is 2.53 bits per heavy atom. The second kappa shape index (κ2) is 4.27. The van der Waals surface area contributed by atoms with E-state index in [1.165, 1.54) is 11.3 Å². The molecule has 1 unspecified atom stereocenters. The Balaban J connectivity index is 1.78. The average molecular weight is 272 g/mol. The number of carbonyl (C=O) groups is 1. The van der Waals surface area contributed by atoms with Gasteiger partial charge in [-0.25, -0.2) is 9.78 Å². The van der Waals surface area contributed by atoms with Gasteiger partial charge in [0.05, 0.1) is 6.54 Å². The van der Waals surface area contributed by atoms with Gasteiger partial charge in [0.1, 0.15) is 0 Å². The molecule has 0 aliphatic carbocycles. The third-order valence-electron chi connectivity index (χ3n) is 2.83. The number of fused-ring (bicyclic) bond motifs is 1. The van der Waals surface area contributed by atoms with Gasteiger partial charge >= 0.3 is 6.09 Å². The lowest BCUT2D eigenvalue weighted by molar-refractivity contribution is 0.131. The lowest BCUT2D eigenvalue weighted by Gasteiger charge is -2.30. The van der Waals surface area contributed by atoms with Crippen molar-refractivity contribution in [3.63, 3.8) is 0 Å². The molecule has 1 aromatic rings. The summed E-state index contributed by atoms with van der Waals surface area (Å²) in [5.74, 6) is 0.755. The number of aliphatic imine (C=N–C) groups is 1. The highest BCUT2D eigenvalue weighted by molar-refractivity contribution is 7.15. The van der Waals surface area contributed by atoms with Crippen LogP contribution < -0.4 is 0 Å². The van der Waals surface area contributed by atoms with Gasteiger partial charge in [-0.15, -0.1) is 11.3 Å². The molecule has 2 aliphatic heterocycles. The molecular formula is C10H10ClN3O2S. The van der Waals surface area contributed by atoms with Crippen LogP contribution in [0.15, 0.2) is 11.2 Å². The fourth-order valence-corrected chi connectivity index (χ4v) is 3.11. The lowest BCUT2D eigenvalue weighted by atomic mass is 10.1. The summed E-state index contributed by atoms with van der Waals surface area (Å²) in [6.07, 6.45) is 3.00. The number of rotatable bonds is 2. The molecule has 90 valence electrons. The summed E-state index contributed by atoms with van der Waals surface area (Å²) in [6.45, 7) is 1.58. The van der Waals surface area contributed by atoms with Crippen LogP contribution in [-0.2, 0) is 11.3 Å². The molecule has 1 atom stereocenters. The minimum Gasteiger partial charge on any atom is -0.436 e. The van der Waals surface area contributed by atoms with Crippen LogP contribution in [0.3, 0.4) is 0 Å². The molecule has 0 spiro atoms. The van der Waals surface area contributed by atoms with Gasteiger partial charge in [0, 0.05) is 17.6 Å². The van der Waals surface area contributed by atoms with E-state index in [0.717, 1.165) is 30.1 Å². The molecule has 2 aliphatic rings. The smallest absolute Gasteiger partial charge is 0.436 e. The van der Waals surface area contributed by atoms with Gasteiger partial charge in [-0.1, -0.05) is 11.6 Å². The van der Waals surface area contributed by atoms with E-state index in [-0.39, 0.29) is 6.10 Å². The minimum atomic E-state index is -0.473. The predicted molar refractivity (Wildman–Crippen MR) is 64.5 cm³/mol. The Morgan fingerprint density at radius 1 is 1.65 bits per heavy atom. The van der Waals surface area contributed by atoms with Crippen molar-refractivity contribution >= 4 is 34.9 Å². The van der Waals surface area contributed by atoms with Crippen molar-refractivity contribution in [2.24, 2.45) is 4.99 Å². The van der Waals surface area contributed by atoms with Crippen LogP contribution in [0, 0.1) is 0 Å². The molecule has 3 rings (SSSR count). The molecule has 0 bridgehead atoms.